The Hall–Kier alpha value is -3.51. The normalized spacial score (nSPS) is 21.1. The van der Waals surface area contributed by atoms with Gasteiger partial charge in [-0.15, -0.1) is 0 Å². The zero-order valence-electron chi connectivity index (χ0n) is 15.9. The lowest BCUT2D eigenvalue weighted by Gasteiger charge is -2.13. The van der Waals surface area contributed by atoms with Crippen LogP contribution in [0, 0.1) is 11.8 Å². The summed E-state index contributed by atoms with van der Waals surface area (Å²) >= 11 is 0. The molecule has 1 aliphatic heterocycles. The molecule has 8 nitrogen and oxygen atoms in total. The van der Waals surface area contributed by atoms with Gasteiger partial charge in [-0.2, -0.15) is 5.10 Å². The van der Waals surface area contributed by atoms with Crippen molar-refractivity contribution in [3.05, 3.63) is 60.0 Å². The second-order valence-corrected chi connectivity index (χ2v) is 7.15. The number of aliphatic hydroxyl groups is 2. The standard InChI is InChI=1S/C22H19N5O3/c23-21-16-11-24-27(20-10-17(29)18(12-28)30-20)22(16)26-19(25-21)9-8-14-6-3-5-13-4-1-2-7-15(13)14/h1-7,11,17-18,20,28-29H,10,12H2,(H2,23,25,26)/t17-,18+,20+/m0/s1. The summed E-state index contributed by atoms with van der Waals surface area (Å²) in [6, 6.07) is 14.0. The lowest BCUT2D eigenvalue weighted by molar-refractivity contribution is -0.0470. The van der Waals surface area contributed by atoms with Crippen LogP contribution in [0.2, 0.25) is 0 Å². The van der Waals surface area contributed by atoms with Gasteiger partial charge >= 0.3 is 0 Å². The number of benzene rings is 2. The van der Waals surface area contributed by atoms with Crippen LogP contribution in [0.1, 0.15) is 24.0 Å². The minimum Gasteiger partial charge on any atom is -0.394 e. The van der Waals surface area contributed by atoms with Crippen molar-refractivity contribution in [3.8, 4) is 11.8 Å². The van der Waals surface area contributed by atoms with E-state index in [1.54, 1.807) is 10.9 Å². The van der Waals surface area contributed by atoms with Gasteiger partial charge in [0.25, 0.3) is 0 Å². The van der Waals surface area contributed by atoms with Crippen molar-refractivity contribution in [2.75, 3.05) is 12.3 Å². The quantitative estimate of drug-likeness (QED) is 0.437. The smallest absolute Gasteiger partial charge is 0.209 e. The van der Waals surface area contributed by atoms with Crippen molar-refractivity contribution in [3.63, 3.8) is 0 Å². The predicted octanol–water partition coefficient (Wildman–Crippen LogP) is 1.60. The molecule has 8 heteroatoms. The predicted molar refractivity (Wildman–Crippen MR) is 111 cm³/mol. The molecular weight excluding hydrogens is 382 g/mol. The maximum Gasteiger partial charge on any atom is 0.209 e. The summed E-state index contributed by atoms with van der Waals surface area (Å²) in [6.45, 7) is -0.268. The number of fused-ring (bicyclic) bond motifs is 2. The molecule has 1 saturated heterocycles. The van der Waals surface area contributed by atoms with Crippen molar-refractivity contribution >= 4 is 27.6 Å². The van der Waals surface area contributed by atoms with E-state index < -0.39 is 18.4 Å². The number of nitrogen functional groups attached to an aromatic ring is 1. The zero-order valence-corrected chi connectivity index (χ0v) is 15.9. The van der Waals surface area contributed by atoms with E-state index in [9.17, 15) is 10.2 Å². The lowest BCUT2D eigenvalue weighted by atomic mass is 10.1. The van der Waals surface area contributed by atoms with Crippen LogP contribution in [0.3, 0.4) is 0 Å². The fourth-order valence-corrected chi connectivity index (χ4v) is 3.70. The number of hydrogen-bond acceptors (Lipinski definition) is 7. The Balaban J connectivity index is 1.55. The fraction of sp³-hybridized carbons (Fsp3) is 0.227. The summed E-state index contributed by atoms with van der Waals surface area (Å²) < 4.78 is 7.25. The first kappa shape index (κ1) is 18.5. The van der Waals surface area contributed by atoms with Gasteiger partial charge in [0.1, 0.15) is 11.9 Å². The summed E-state index contributed by atoms with van der Waals surface area (Å²) in [4.78, 5) is 8.82. The summed E-state index contributed by atoms with van der Waals surface area (Å²) in [5, 5.41) is 26.4. The van der Waals surface area contributed by atoms with Crippen LogP contribution in [-0.2, 0) is 4.74 Å². The van der Waals surface area contributed by atoms with Gasteiger partial charge in [-0.05, 0) is 22.8 Å². The van der Waals surface area contributed by atoms with Gasteiger partial charge in [-0.3, -0.25) is 0 Å². The Bertz CT molecular complexity index is 1300. The minimum atomic E-state index is -0.774. The maximum absolute atomic E-state index is 10.0. The Morgan fingerprint density at radius 1 is 1.10 bits per heavy atom. The summed E-state index contributed by atoms with van der Waals surface area (Å²) in [5.74, 6) is 6.67. The second-order valence-electron chi connectivity index (χ2n) is 7.15. The first-order valence-corrected chi connectivity index (χ1v) is 9.59. The molecule has 0 spiro atoms. The highest BCUT2D eigenvalue weighted by atomic mass is 16.5. The molecule has 2 aromatic heterocycles. The monoisotopic (exact) mass is 401 g/mol. The Labute approximate surface area is 171 Å². The van der Waals surface area contributed by atoms with Crippen molar-refractivity contribution in [2.24, 2.45) is 0 Å². The molecule has 4 aromatic rings. The van der Waals surface area contributed by atoms with Crippen LogP contribution < -0.4 is 5.73 Å². The molecule has 4 N–H and O–H groups in total. The van der Waals surface area contributed by atoms with E-state index in [2.05, 4.69) is 26.9 Å². The van der Waals surface area contributed by atoms with E-state index >= 15 is 0 Å². The van der Waals surface area contributed by atoms with Crippen molar-refractivity contribution in [1.82, 2.24) is 19.7 Å². The summed E-state index contributed by atoms with van der Waals surface area (Å²) in [5.41, 5.74) is 7.45. The average molecular weight is 401 g/mol. The van der Waals surface area contributed by atoms with E-state index in [0.29, 0.717) is 17.5 Å². The number of rotatable bonds is 2. The van der Waals surface area contributed by atoms with Crippen molar-refractivity contribution in [2.45, 2.75) is 24.9 Å². The third kappa shape index (κ3) is 3.15. The highest BCUT2D eigenvalue weighted by molar-refractivity contribution is 5.88. The maximum atomic E-state index is 10.0. The molecule has 0 aliphatic carbocycles. The highest BCUT2D eigenvalue weighted by Gasteiger charge is 2.35. The van der Waals surface area contributed by atoms with Gasteiger partial charge in [-0.1, -0.05) is 42.3 Å². The number of nitrogens with zero attached hydrogens (tertiary/aromatic N) is 4. The first-order valence-electron chi connectivity index (χ1n) is 9.59. The molecule has 0 bridgehead atoms. The number of aromatic nitrogens is 4. The number of anilines is 1. The molecule has 2 aromatic carbocycles. The number of nitrogens with two attached hydrogens (primary N) is 1. The average Bonchev–Trinajstić information content (AvgIpc) is 3.35. The van der Waals surface area contributed by atoms with Gasteiger partial charge in [0.05, 0.1) is 24.3 Å². The molecule has 3 atom stereocenters. The molecule has 1 aliphatic rings. The van der Waals surface area contributed by atoms with Crippen molar-refractivity contribution in [1.29, 1.82) is 0 Å². The van der Waals surface area contributed by atoms with Crippen LogP contribution >= 0.6 is 0 Å². The molecule has 5 rings (SSSR count). The van der Waals surface area contributed by atoms with Gasteiger partial charge < -0.3 is 20.7 Å². The van der Waals surface area contributed by atoms with Gasteiger partial charge in [-0.25, -0.2) is 14.6 Å². The summed E-state index contributed by atoms with van der Waals surface area (Å²) in [6.07, 6.45) is -0.122. The molecule has 3 heterocycles. The third-order valence-electron chi connectivity index (χ3n) is 5.24. The van der Waals surface area contributed by atoms with Gasteiger partial charge in [0.15, 0.2) is 11.9 Å². The summed E-state index contributed by atoms with van der Waals surface area (Å²) in [7, 11) is 0. The fourth-order valence-electron chi connectivity index (χ4n) is 3.70. The van der Waals surface area contributed by atoms with E-state index in [-0.39, 0.29) is 18.2 Å². The van der Waals surface area contributed by atoms with E-state index in [1.165, 1.54) is 0 Å². The Kier molecular flexibility index (Phi) is 4.56. The molecule has 0 unspecified atom stereocenters. The topological polar surface area (TPSA) is 119 Å². The van der Waals surface area contributed by atoms with Gasteiger partial charge in [0.2, 0.25) is 5.82 Å². The Morgan fingerprint density at radius 2 is 1.93 bits per heavy atom. The number of aliphatic hydroxyl groups excluding tert-OH is 2. The molecule has 1 fully saturated rings. The van der Waals surface area contributed by atoms with E-state index in [4.69, 9.17) is 10.5 Å². The van der Waals surface area contributed by atoms with Crippen molar-refractivity contribution < 1.29 is 14.9 Å². The molecule has 0 amide bonds. The van der Waals surface area contributed by atoms with Crippen LogP contribution in [0.15, 0.2) is 48.7 Å². The second kappa shape index (κ2) is 7.39. The molecule has 0 saturated carbocycles. The van der Waals surface area contributed by atoms with Crippen LogP contribution in [0.25, 0.3) is 21.8 Å². The zero-order chi connectivity index (χ0) is 20.7. The number of hydrogen-bond donors (Lipinski definition) is 3. The molecule has 30 heavy (non-hydrogen) atoms. The third-order valence-corrected chi connectivity index (χ3v) is 5.24. The lowest BCUT2D eigenvalue weighted by Crippen LogP contribution is -2.24. The van der Waals surface area contributed by atoms with Crippen LogP contribution in [-0.4, -0.2) is 48.8 Å². The molecule has 150 valence electrons. The number of ether oxygens (including phenoxy) is 1. The van der Waals surface area contributed by atoms with Crippen LogP contribution in [0.5, 0.6) is 0 Å². The minimum absolute atomic E-state index is 0.268. The van der Waals surface area contributed by atoms with Gasteiger partial charge in [0, 0.05) is 12.0 Å². The van der Waals surface area contributed by atoms with Crippen LogP contribution in [0.4, 0.5) is 5.82 Å². The Morgan fingerprint density at radius 3 is 2.77 bits per heavy atom. The van der Waals surface area contributed by atoms with E-state index in [0.717, 1.165) is 16.3 Å². The highest BCUT2D eigenvalue weighted by Crippen LogP contribution is 2.31. The SMILES string of the molecule is Nc1nc(C#Cc2cccc3ccccc23)nc2c1cnn2[C@H]1C[C@H](O)[C@@H](CO)O1. The molecular formula is C22H19N5O3. The van der Waals surface area contributed by atoms with E-state index in [1.807, 2.05) is 42.5 Å². The largest absolute Gasteiger partial charge is 0.394 e. The molecule has 0 radical (unpaired) electrons. The first-order chi connectivity index (χ1) is 14.6.